The molecule has 1 atom stereocenters. The summed E-state index contributed by atoms with van der Waals surface area (Å²) in [6.07, 6.45) is 11.1. The van der Waals surface area contributed by atoms with E-state index in [2.05, 4.69) is 27.7 Å². The van der Waals surface area contributed by atoms with Crippen LogP contribution in [0.4, 0.5) is 0 Å². The Kier molecular flexibility index (Phi) is 22.7. The van der Waals surface area contributed by atoms with Gasteiger partial charge < -0.3 is 28.5 Å². The molecule has 0 saturated carbocycles. The van der Waals surface area contributed by atoms with Crippen molar-refractivity contribution in [1.82, 2.24) is 0 Å². The van der Waals surface area contributed by atoms with E-state index < -0.39 is 0 Å². The van der Waals surface area contributed by atoms with Gasteiger partial charge >= 0.3 is 0 Å². The summed E-state index contributed by atoms with van der Waals surface area (Å²) in [4.78, 5) is 0. The zero-order valence-electron chi connectivity index (χ0n) is 14.0. The molecule has 0 N–H and O–H groups in total. The number of unbranched alkanes of at least 4 members (excludes halogenated alkanes) is 4. The Morgan fingerprint density at radius 3 is 0.895 bits per heavy atom. The van der Waals surface area contributed by atoms with Crippen LogP contribution in [0.2, 0.25) is 0 Å². The Morgan fingerprint density at radius 1 is 0.526 bits per heavy atom. The lowest BCUT2D eigenvalue weighted by atomic mass is 10.1. The quantitative estimate of drug-likeness (QED) is 0.266. The van der Waals surface area contributed by atoms with E-state index in [4.69, 9.17) is 0 Å². The first-order valence-corrected chi connectivity index (χ1v) is 8.09. The number of halogens is 1. The van der Waals surface area contributed by atoms with Crippen molar-refractivity contribution in [2.45, 2.75) is 79.1 Å². The van der Waals surface area contributed by atoms with Crippen molar-refractivity contribution in [3.63, 3.8) is 0 Å². The average Bonchev–Trinajstić information content (AvgIpc) is 2.37. The lowest BCUT2D eigenvalue weighted by molar-refractivity contribution is -0.929. The molecule has 120 valence electrons. The monoisotopic (exact) mass is 403 g/mol. The van der Waals surface area contributed by atoms with Gasteiger partial charge in [-0.25, -0.2) is 0 Å². The van der Waals surface area contributed by atoms with Crippen molar-refractivity contribution in [2.75, 3.05) is 26.2 Å². The maximum atomic E-state index is 2.33. The summed E-state index contributed by atoms with van der Waals surface area (Å²) in [5.41, 5.74) is 0. The highest BCUT2D eigenvalue weighted by Crippen LogP contribution is 2.16. The number of hydrogen-bond acceptors (Lipinski definition) is 0. The first-order valence-electron chi connectivity index (χ1n) is 8.09. The van der Waals surface area contributed by atoms with Crippen molar-refractivity contribution in [3.05, 3.63) is 0 Å². The summed E-state index contributed by atoms with van der Waals surface area (Å²) < 4.78 is 1.42. The SMILES string of the molecule is CCCC[N+](CCCC)(CCCC)CCCC.P.[I-]. The molecule has 0 spiro atoms. The van der Waals surface area contributed by atoms with E-state index in [9.17, 15) is 0 Å². The molecule has 0 fully saturated rings. The predicted octanol–water partition coefficient (Wildman–Crippen LogP) is 2.07. The van der Waals surface area contributed by atoms with Gasteiger partial charge in [-0.2, -0.15) is 9.90 Å². The van der Waals surface area contributed by atoms with Crippen molar-refractivity contribution in [3.8, 4) is 0 Å². The summed E-state index contributed by atoms with van der Waals surface area (Å²) in [7, 11) is 0. The third-order valence-corrected chi connectivity index (χ3v) is 3.94. The van der Waals surface area contributed by atoms with E-state index in [0.717, 1.165) is 0 Å². The molecule has 0 aliphatic heterocycles. The molecule has 0 amide bonds. The third-order valence-electron chi connectivity index (χ3n) is 3.94. The summed E-state index contributed by atoms with van der Waals surface area (Å²) in [5, 5.41) is 0. The number of nitrogens with zero attached hydrogens (tertiary/aromatic N) is 1. The van der Waals surface area contributed by atoms with Gasteiger partial charge in [0.15, 0.2) is 0 Å². The molecule has 0 saturated heterocycles. The van der Waals surface area contributed by atoms with Crippen LogP contribution in [-0.2, 0) is 0 Å². The van der Waals surface area contributed by atoms with Gasteiger partial charge in [0, 0.05) is 0 Å². The van der Waals surface area contributed by atoms with Crippen molar-refractivity contribution in [2.24, 2.45) is 0 Å². The van der Waals surface area contributed by atoms with Gasteiger partial charge in [0.05, 0.1) is 26.2 Å². The van der Waals surface area contributed by atoms with Crippen molar-refractivity contribution < 1.29 is 28.5 Å². The number of hydrogen-bond donors (Lipinski definition) is 0. The van der Waals surface area contributed by atoms with Crippen LogP contribution < -0.4 is 24.0 Å². The van der Waals surface area contributed by atoms with Crippen LogP contribution in [0.3, 0.4) is 0 Å². The Bertz CT molecular complexity index is 127. The van der Waals surface area contributed by atoms with Gasteiger partial charge in [0.1, 0.15) is 0 Å². The molecule has 1 unspecified atom stereocenters. The highest BCUT2D eigenvalue weighted by Gasteiger charge is 2.24. The van der Waals surface area contributed by atoms with Gasteiger partial charge in [-0.05, 0) is 25.7 Å². The van der Waals surface area contributed by atoms with E-state index in [1.54, 1.807) is 0 Å². The predicted molar refractivity (Wildman–Crippen MR) is 90.5 cm³/mol. The van der Waals surface area contributed by atoms with Gasteiger partial charge in [0.25, 0.3) is 0 Å². The number of rotatable bonds is 12. The fourth-order valence-corrected chi connectivity index (χ4v) is 2.64. The molecule has 0 rings (SSSR count). The van der Waals surface area contributed by atoms with Crippen LogP contribution in [0.25, 0.3) is 0 Å². The second-order valence-corrected chi connectivity index (χ2v) is 5.65. The molecule has 19 heavy (non-hydrogen) atoms. The minimum Gasteiger partial charge on any atom is -1.00 e. The van der Waals surface area contributed by atoms with Gasteiger partial charge in [-0.3, -0.25) is 0 Å². The normalized spacial score (nSPS) is 10.7. The Morgan fingerprint density at radius 2 is 0.737 bits per heavy atom. The van der Waals surface area contributed by atoms with E-state index >= 15 is 0 Å². The van der Waals surface area contributed by atoms with Gasteiger partial charge in [-0.15, -0.1) is 0 Å². The van der Waals surface area contributed by atoms with Crippen LogP contribution in [-0.4, -0.2) is 30.7 Å². The van der Waals surface area contributed by atoms with E-state index in [1.165, 1.54) is 82.0 Å². The zero-order chi connectivity index (χ0) is 13.0. The second-order valence-electron chi connectivity index (χ2n) is 5.65. The van der Waals surface area contributed by atoms with Gasteiger partial charge in [0.2, 0.25) is 0 Å². The first-order chi connectivity index (χ1) is 8.24. The topological polar surface area (TPSA) is 0 Å². The summed E-state index contributed by atoms with van der Waals surface area (Å²) >= 11 is 0. The minimum absolute atomic E-state index is 0. The zero-order valence-corrected chi connectivity index (χ0v) is 17.6. The molecular weight excluding hydrogens is 364 g/mol. The smallest absolute Gasteiger partial charge is 0.0786 e. The molecule has 0 bridgehead atoms. The molecule has 0 aromatic heterocycles. The molecule has 0 aromatic rings. The fourth-order valence-electron chi connectivity index (χ4n) is 2.64. The largest absolute Gasteiger partial charge is 1.00 e. The number of quaternary nitrogens is 1. The average molecular weight is 403 g/mol. The van der Waals surface area contributed by atoms with E-state index in [-0.39, 0.29) is 33.9 Å². The molecule has 0 radical (unpaired) electrons. The van der Waals surface area contributed by atoms with Crippen molar-refractivity contribution in [1.29, 1.82) is 0 Å². The maximum absolute atomic E-state index is 2.33. The van der Waals surface area contributed by atoms with E-state index in [1.807, 2.05) is 0 Å². The molecule has 3 heteroatoms. The third kappa shape index (κ3) is 12.6. The minimum atomic E-state index is 0. The summed E-state index contributed by atoms with van der Waals surface area (Å²) in [6.45, 7) is 15.0. The lowest BCUT2D eigenvalue weighted by Crippen LogP contribution is -3.00. The molecule has 0 aliphatic rings. The van der Waals surface area contributed by atoms with Crippen LogP contribution in [0, 0.1) is 0 Å². The highest BCUT2D eigenvalue weighted by molar-refractivity contribution is 6.92. The highest BCUT2D eigenvalue weighted by atomic mass is 127. The lowest BCUT2D eigenvalue weighted by Gasteiger charge is -2.39. The van der Waals surface area contributed by atoms with Crippen LogP contribution >= 0.6 is 9.90 Å². The summed E-state index contributed by atoms with van der Waals surface area (Å²) in [6, 6.07) is 0. The Balaban J connectivity index is -0.00000128. The molecule has 1 nitrogen and oxygen atoms in total. The summed E-state index contributed by atoms with van der Waals surface area (Å²) in [5.74, 6) is 0. The van der Waals surface area contributed by atoms with Crippen LogP contribution in [0.5, 0.6) is 0 Å². The fraction of sp³-hybridized carbons (Fsp3) is 1.00. The second kappa shape index (κ2) is 17.2. The maximum Gasteiger partial charge on any atom is 0.0786 e. The molecular formula is C16H39INP. The molecule has 0 aromatic carbocycles. The van der Waals surface area contributed by atoms with Crippen LogP contribution in [0.1, 0.15) is 79.1 Å². The van der Waals surface area contributed by atoms with Gasteiger partial charge in [-0.1, -0.05) is 53.4 Å². The van der Waals surface area contributed by atoms with Crippen LogP contribution in [0.15, 0.2) is 0 Å². The van der Waals surface area contributed by atoms with Crippen molar-refractivity contribution >= 4 is 9.90 Å². The standard InChI is InChI=1S/C16H36N.HI.H3P/c1-5-9-13-17(14-10-6-2,15-11-7-3)16-12-8-4;;/h5-16H2,1-4H3;1H;1H3/q+1;;/p-1. The van der Waals surface area contributed by atoms with E-state index in [0.29, 0.717) is 0 Å². The Labute approximate surface area is 143 Å². The molecule has 0 heterocycles. The molecule has 0 aliphatic carbocycles. The first kappa shape index (κ1) is 25.1. The Hall–Kier alpha value is 1.12.